The van der Waals surface area contributed by atoms with Crippen LogP contribution in [-0.4, -0.2) is 4.57 Å². The molecule has 0 saturated heterocycles. The molecule has 0 saturated carbocycles. The number of benzene rings is 9. The molecule has 9 aromatic carbocycles. The number of furan rings is 1. The van der Waals surface area contributed by atoms with E-state index in [1.807, 2.05) is 0 Å². The molecule has 0 amide bonds. The quantitative estimate of drug-likeness (QED) is 0.181. The summed E-state index contributed by atoms with van der Waals surface area (Å²) in [6.45, 7) is 0. The second-order valence-corrected chi connectivity index (χ2v) is 13.8. The fraction of sp³-hybridized carbons (Fsp3) is 0. The highest BCUT2D eigenvalue weighted by atomic mass is 16.3. The van der Waals surface area contributed by atoms with E-state index in [2.05, 4.69) is 204 Å². The van der Waals surface area contributed by atoms with Gasteiger partial charge in [-0.05, 0) is 94.0 Å². The molecule has 0 atom stereocenters. The lowest BCUT2D eigenvalue weighted by Gasteiger charge is -2.27. The monoisotopic (exact) mass is 676 g/mol. The van der Waals surface area contributed by atoms with Crippen molar-refractivity contribution in [3.63, 3.8) is 0 Å². The molecule has 0 fully saturated rings. The first-order valence-corrected chi connectivity index (χ1v) is 18.1. The summed E-state index contributed by atoms with van der Waals surface area (Å²) in [6, 6.07) is 69.8. The van der Waals surface area contributed by atoms with Gasteiger partial charge in [0.25, 0.3) is 0 Å². The second kappa shape index (κ2) is 11.7. The highest BCUT2D eigenvalue weighted by Gasteiger charge is 2.22. The minimum absolute atomic E-state index is 0.864. The van der Waals surface area contributed by atoms with E-state index in [-0.39, 0.29) is 0 Å². The molecule has 11 aromatic rings. The summed E-state index contributed by atoms with van der Waals surface area (Å²) in [6.07, 6.45) is 0. The first kappa shape index (κ1) is 29.6. The minimum atomic E-state index is 0.864. The predicted octanol–water partition coefficient (Wildman–Crippen LogP) is 14.1. The van der Waals surface area contributed by atoms with Gasteiger partial charge in [-0.3, -0.25) is 0 Å². The van der Waals surface area contributed by atoms with Crippen LogP contribution in [0.3, 0.4) is 0 Å². The number of fused-ring (bicyclic) bond motifs is 9. The SMILES string of the molecule is c1cc(-c2ccc3ccccc3c2)cc(N(c2cccc(-n3c4ccccc4c4ccccc43)c2)c2cccc3oc4c5ccccc5ccc4c23)c1. The molecule has 0 spiro atoms. The van der Waals surface area contributed by atoms with Crippen LogP contribution in [0.15, 0.2) is 199 Å². The van der Waals surface area contributed by atoms with Gasteiger partial charge < -0.3 is 13.9 Å². The van der Waals surface area contributed by atoms with Crippen molar-refractivity contribution in [3.05, 3.63) is 194 Å². The summed E-state index contributed by atoms with van der Waals surface area (Å²) in [5, 5.41) is 9.43. The lowest BCUT2D eigenvalue weighted by Crippen LogP contribution is -2.11. The van der Waals surface area contributed by atoms with Crippen molar-refractivity contribution in [2.75, 3.05) is 4.90 Å². The van der Waals surface area contributed by atoms with Gasteiger partial charge in [0.05, 0.1) is 22.1 Å². The molecule has 0 unspecified atom stereocenters. The van der Waals surface area contributed by atoms with Gasteiger partial charge >= 0.3 is 0 Å². The van der Waals surface area contributed by atoms with Gasteiger partial charge in [0.2, 0.25) is 0 Å². The van der Waals surface area contributed by atoms with Gasteiger partial charge in [0.15, 0.2) is 0 Å². The molecule has 2 aromatic heterocycles. The number of hydrogen-bond donors (Lipinski definition) is 0. The van der Waals surface area contributed by atoms with Crippen molar-refractivity contribution in [3.8, 4) is 16.8 Å². The first-order chi connectivity index (χ1) is 26.3. The normalized spacial score (nSPS) is 11.8. The molecule has 0 aliphatic carbocycles. The zero-order chi connectivity index (χ0) is 34.9. The topological polar surface area (TPSA) is 21.3 Å². The zero-order valence-electron chi connectivity index (χ0n) is 28.8. The third kappa shape index (κ3) is 4.68. The van der Waals surface area contributed by atoms with Crippen molar-refractivity contribution in [1.29, 1.82) is 0 Å². The first-order valence-electron chi connectivity index (χ1n) is 18.1. The number of para-hydroxylation sites is 2. The second-order valence-electron chi connectivity index (χ2n) is 13.8. The summed E-state index contributed by atoms with van der Waals surface area (Å²) in [5.41, 5.74) is 10.8. The Hall–Kier alpha value is -7.10. The van der Waals surface area contributed by atoms with Crippen LogP contribution in [0, 0.1) is 0 Å². The average molecular weight is 677 g/mol. The van der Waals surface area contributed by atoms with E-state index in [1.165, 1.54) is 43.5 Å². The molecule has 248 valence electrons. The number of hydrogen-bond acceptors (Lipinski definition) is 2. The maximum atomic E-state index is 6.71. The van der Waals surface area contributed by atoms with E-state index in [1.54, 1.807) is 0 Å². The van der Waals surface area contributed by atoms with Crippen molar-refractivity contribution in [2.24, 2.45) is 0 Å². The molecule has 0 radical (unpaired) electrons. The van der Waals surface area contributed by atoms with Gasteiger partial charge in [0.1, 0.15) is 11.2 Å². The van der Waals surface area contributed by atoms with E-state index in [0.29, 0.717) is 0 Å². The third-order valence-corrected chi connectivity index (χ3v) is 10.7. The lowest BCUT2D eigenvalue weighted by molar-refractivity contribution is 0.672. The summed E-state index contributed by atoms with van der Waals surface area (Å²) < 4.78 is 9.10. The highest BCUT2D eigenvalue weighted by molar-refractivity contribution is 6.19. The highest BCUT2D eigenvalue weighted by Crippen LogP contribution is 2.45. The Kier molecular flexibility index (Phi) is 6.55. The van der Waals surface area contributed by atoms with Gasteiger partial charge in [-0.15, -0.1) is 0 Å². The largest absolute Gasteiger partial charge is 0.455 e. The Labute approximate surface area is 306 Å². The molecule has 0 aliphatic heterocycles. The Morgan fingerprint density at radius 1 is 0.396 bits per heavy atom. The van der Waals surface area contributed by atoms with Crippen LogP contribution in [0.1, 0.15) is 0 Å². The van der Waals surface area contributed by atoms with Crippen LogP contribution in [0.2, 0.25) is 0 Å². The smallest absolute Gasteiger partial charge is 0.143 e. The molecule has 53 heavy (non-hydrogen) atoms. The van der Waals surface area contributed by atoms with Crippen LogP contribution >= 0.6 is 0 Å². The Balaban J connectivity index is 1.17. The van der Waals surface area contributed by atoms with Crippen LogP contribution in [0.25, 0.3) is 82.1 Å². The van der Waals surface area contributed by atoms with Crippen molar-refractivity contribution >= 4 is 82.4 Å². The predicted molar refractivity (Wildman–Crippen MR) is 223 cm³/mol. The number of aromatic nitrogens is 1. The maximum absolute atomic E-state index is 6.71. The number of nitrogens with zero attached hydrogens (tertiary/aromatic N) is 2. The van der Waals surface area contributed by atoms with Crippen LogP contribution in [-0.2, 0) is 0 Å². The van der Waals surface area contributed by atoms with Crippen LogP contribution in [0.5, 0.6) is 0 Å². The molecule has 0 N–H and O–H groups in total. The van der Waals surface area contributed by atoms with Gasteiger partial charge in [0, 0.05) is 38.6 Å². The molecule has 11 rings (SSSR count). The number of rotatable bonds is 5. The van der Waals surface area contributed by atoms with Crippen LogP contribution < -0.4 is 4.90 Å². The summed E-state index contributed by atoms with van der Waals surface area (Å²) in [4.78, 5) is 2.40. The summed E-state index contributed by atoms with van der Waals surface area (Å²) in [5.74, 6) is 0. The van der Waals surface area contributed by atoms with Crippen LogP contribution in [0.4, 0.5) is 17.1 Å². The Bertz CT molecular complexity index is 3150. The third-order valence-electron chi connectivity index (χ3n) is 10.7. The molecule has 2 heterocycles. The van der Waals surface area contributed by atoms with E-state index in [4.69, 9.17) is 4.42 Å². The van der Waals surface area contributed by atoms with Crippen molar-refractivity contribution in [1.82, 2.24) is 4.57 Å². The van der Waals surface area contributed by atoms with Gasteiger partial charge in [-0.1, -0.05) is 127 Å². The Morgan fingerprint density at radius 2 is 1.02 bits per heavy atom. The van der Waals surface area contributed by atoms with Gasteiger partial charge in [-0.2, -0.15) is 0 Å². The average Bonchev–Trinajstić information content (AvgIpc) is 3.78. The van der Waals surface area contributed by atoms with Crippen molar-refractivity contribution < 1.29 is 4.42 Å². The lowest BCUT2D eigenvalue weighted by atomic mass is 10.00. The fourth-order valence-corrected chi connectivity index (χ4v) is 8.31. The van der Waals surface area contributed by atoms with E-state index in [9.17, 15) is 0 Å². The number of anilines is 3. The molecule has 0 bridgehead atoms. The summed E-state index contributed by atoms with van der Waals surface area (Å²) >= 11 is 0. The summed E-state index contributed by atoms with van der Waals surface area (Å²) in [7, 11) is 0. The van der Waals surface area contributed by atoms with Crippen molar-refractivity contribution in [2.45, 2.75) is 0 Å². The molecular weight excluding hydrogens is 645 g/mol. The van der Waals surface area contributed by atoms with Gasteiger partial charge in [-0.25, -0.2) is 0 Å². The molecular formula is C50H32N2O. The standard InChI is InChI=1S/C50H32N2O/c1-2-14-35-30-37(27-26-33(35)12-1)36-15-9-16-38(31-36)51(47-24-11-25-48-49(47)44-29-28-34-13-3-4-19-41(34)50(44)53-48)39-17-10-18-40(32-39)52-45-22-7-5-20-42(45)43-21-6-8-23-46(43)52/h1-32H. The molecule has 3 nitrogen and oxygen atoms in total. The van der Waals surface area contributed by atoms with E-state index < -0.39 is 0 Å². The minimum Gasteiger partial charge on any atom is -0.455 e. The fourth-order valence-electron chi connectivity index (χ4n) is 8.31. The Morgan fingerprint density at radius 3 is 1.83 bits per heavy atom. The molecule has 3 heteroatoms. The van der Waals surface area contributed by atoms with E-state index >= 15 is 0 Å². The zero-order valence-corrected chi connectivity index (χ0v) is 28.8. The maximum Gasteiger partial charge on any atom is 0.143 e. The molecule has 0 aliphatic rings. The van der Waals surface area contributed by atoms with E-state index in [0.717, 1.165) is 55.6 Å².